The number of carbonyl (C=O) groups is 2. The second kappa shape index (κ2) is 6.31. The zero-order valence-electron chi connectivity index (χ0n) is 16.8. The Hall–Kier alpha value is -3.87. The van der Waals surface area contributed by atoms with Crippen LogP contribution in [0.25, 0.3) is 21.9 Å². The molecule has 2 aliphatic rings. The van der Waals surface area contributed by atoms with Crippen molar-refractivity contribution < 1.29 is 14.7 Å². The van der Waals surface area contributed by atoms with E-state index in [1.807, 2.05) is 43.3 Å². The molecule has 2 aromatic heterocycles. The first-order valence-electron chi connectivity index (χ1n) is 10.4. The van der Waals surface area contributed by atoms with E-state index in [-0.39, 0.29) is 17.3 Å². The number of aromatic nitrogens is 3. The molecular weight excluding hydrogens is 392 g/mol. The molecule has 1 amide bonds. The maximum absolute atomic E-state index is 13.3. The quantitative estimate of drug-likeness (QED) is 0.467. The predicted molar refractivity (Wildman–Crippen MR) is 117 cm³/mol. The van der Waals surface area contributed by atoms with Crippen LogP contribution in [0.15, 0.2) is 60.1 Å². The Labute approximate surface area is 177 Å². The summed E-state index contributed by atoms with van der Waals surface area (Å²) in [6, 6.07) is 12.6. The molecule has 4 aromatic rings. The molecule has 1 saturated carbocycles. The van der Waals surface area contributed by atoms with E-state index in [2.05, 4.69) is 15.0 Å². The number of fused-ring (bicyclic) bond motifs is 2. The minimum atomic E-state index is -0.701. The molecule has 154 valence electrons. The fourth-order valence-electron chi connectivity index (χ4n) is 4.68. The Morgan fingerprint density at radius 3 is 2.77 bits per heavy atom. The predicted octanol–water partition coefficient (Wildman–Crippen LogP) is 4.23. The fourth-order valence-corrected chi connectivity index (χ4v) is 4.68. The number of hydrogen-bond donors (Lipinski definition) is 3. The largest absolute Gasteiger partial charge is 0.503 e. The van der Waals surface area contributed by atoms with Crippen molar-refractivity contribution in [3.63, 3.8) is 0 Å². The summed E-state index contributed by atoms with van der Waals surface area (Å²) < 4.78 is 0. The number of carbonyl (C=O) groups excluding carboxylic acids is 2. The summed E-state index contributed by atoms with van der Waals surface area (Å²) in [7, 11) is 0. The summed E-state index contributed by atoms with van der Waals surface area (Å²) in [5.41, 5.74) is 4.96. The van der Waals surface area contributed by atoms with E-state index < -0.39 is 17.7 Å². The highest BCUT2D eigenvalue weighted by Gasteiger charge is 2.48. The number of nitrogens with one attached hydrogen (secondary N) is 2. The van der Waals surface area contributed by atoms with Gasteiger partial charge in [-0.1, -0.05) is 18.2 Å². The van der Waals surface area contributed by atoms with Crippen LogP contribution >= 0.6 is 0 Å². The highest BCUT2D eigenvalue weighted by atomic mass is 16.3. The zero-order valence-corrected chi connectivity index (χ0v) is 16.8. The van der Waals surface area contributed by atoms with Gasteiger partial charge in [-0.05, 0) is 44.0 Å². The third kappa shape index (κ3) is 2.56. The van der Waals surface area contributed by atoms with E-state index in [1.165, 1.54) is 4.90 Å². The number of aliphatic hydroxyl groups excluding tert-OH is 1. The average molecular weight is 412 g/mol. The lowest BCUT2D eigenvalue weighted by Crippen LogP contribution is -2.31. The molecule has 0 bridgehead atoms. The summed E-state index contributed by atoms with van der Waals surface area (Å²) >= 11 is 0. The van der Waals surface area contributed by atoms with Gasteiger partial charge < -0.3 is 15.1 Å². The zero-order chi connectivity index (χ0) is 21.3. The number of para-hydroxylation sites is 1. The van der Waals surface area contributed by atoms with Gasteiger partial charge in [0.25, 0.3) is 5.91 Å². The van der Waals surface area contributed by atoms with Gasteiger partial charge in [0, 0.05) is 33.8 Å². The van der Waals surface area contributed by atoms with E-state index in [9.17, 15) is 14.7 Å². The maximum Gasteiger partial charge on any atom is 0.294 e. The molecule has 31 heavy (non-hydrogen) atoms. The summed E-state index contributed by atoms with van der Waals surface area (Å²) in [5.74, 6) is -1.27. The number of ketones is 1. The van der Waals surface area contributed by atoms with Crippen molar-refractivity contribution >= 4 is 39.3 Å². The van der Waals surface area contributed by atoms with Crippen molar-refractivity contribution in [3.8, 4) is 0 Å². The van der Waals surface area contributed by atoms with Crippen molar-refractivity contribution in [2.75, 3.05) is 4.90 Å². The summed E-state index contributed by atoms with van der Waals surface area (Å²) in [6.07, 6.45) is 3.19. The molecule has 0 radical (unpaired) electrons. The van der Waals surface area contributed by atoms with Gasteiger partial charge in [-0.25, -0.2) is 4.98 Å². The average Bonchev–Trinajstić information content (AvgIpc) is 3.34. The number of anilines is 1. The molecule has 3 heterocycles. The van der Waals surface area contributed by atoms with E-state index in [0.717, 1.165) is 40.5 Å². The summed E-state index contributed by atoms with van der Waals surface area (Å²) in [4.78, 5) is 38.8. The molecule has 1 unspecified atom stereocenters. The van der Waals surface area contributed by atoms with E-state index in [1.54, 1.807) is 12.4 Å². The Bertz CT molecular complexity index is 1420. The second-order valence-electron chi connectivity index (χ2n) is 8.29. The fraction of sp³-hybridized carbons (Fsp3) is 0.208. The Morgan fingerprint density at radius 2 is 1.97 bits per heavy atom. The minimum Gasteiger partial charge on any atom is -0.503 e. The van der Waals surface area contributed by atoms with Crippen molar-refractivity contribution in [2.24, 2.45) is 5.92 Å². The third-order valence-electron chi connectivity index (χ3n) is 6.32. The third-order valence-corrected chi connectivity index (χ3v) is 6.32. The van der Waals surface area contributed by atoms with Crippen LogP contribution in [-0.4, -0.2) is 31.7 Å². The van der Waals surface area contributed by atoms with Gasteiger partial charge in [0.2, 0.25) is 0 Å². The van der Waals surface area contributed by atoms with Crippen LogP contribution in [0, 0.1) is 12.8 Å². The number of Topliss-reactive ketones (excluding diaryl/α,β-unsaturated/α-hetero) is 1. The highest BCUT2D eigenvalue weighted by Crippen LogP contribution is 2.47. The summed E-state index contributed by atoms with van der Waals surface area (Å²) in [6.45, 7) is 1.93. The number of hydrogen-bond acceptors (Lipinski definition) is 4. The van der Waals surface area contributed by atoms with Crippen molar-refractivity contribution in [2.45, 2.75) is 25.8 Å². The Kier molecular flexibility index (Phi) is 3.65. The van der Waals surface area contributed by atoms with Crippen LogP contribution in [0.4, 0.5) is 5.69 Å². The molecule has 6 rings (SSSR count). The molecule has 2 aromatic carbocycles. The topological polar surface area (TPSA) is 102 Å². The Morgan fingerprint density at radius 1 is 1.16 bits per heavy atom. The van der Waals surface area contributed by atoms with Gasteiger partial charge in [0.1, 0.15) is 0 Å². The molecule has 1 aliphatic heterocycles. The number of imidazole rings is 1. The van der Waals surface area contributed by atoms with Crippen LogP contribution in [0.3, 0.4) is 0 Å². The van der Waals surface area contributed by atoms with Gasteiger partial charge >= 0.3 is 0 Å². The lowest BCUT2D eigenvalue weighted by Gasteiger charge is -2.27. The van der Waals surface area contributed by atoms with Crippen LogP contribution in [0.1, 0.15) is 30.1 Å². The minimum absolute atomic E-state index is 0.119. The van der Waals surface area contributed by atoms with Crippen LogP contribution in [-0.2, 0) is 9.59 Å². The number of rotatable bonds is 4. The lowest BCUT2D eigenvalue weighted by atomic mass is 9.92. The SMILES string of the molecule is Cc1[nH]c2ccccc2c1C1C(C(=O)C2CC2)=C(O)C(=O)N1c1ccc2[nH]cnc2c1. The monoisotopic (exact) mass is 412 g/mol. The van der Waals surface area contributed by atoms with E-state index >= 15 is 0 Å². The lowest BCUT2D eigenvalue weighted by molar-refractivity contribution is -0.118. The second-order valence-corrected chi connectivity index (χ2v) is 8.29. The van der Waals surface area contributed by atoms with Crippen molar-refractivity contribution in [3.05, 3.63) is 71.4 Å². The number of aliphatic hydroxyl groups is 1. The first-order valence-corrected chi connectivity index (χ1v) is 10.4. The maximum atomic E-state index is 13.3. The smallest absolute Gasteiger partial charge is 0.294 e. The highest BCUT2D eigenvalue weighted by molar-refractivity contribution is 6.18. The van der Waals surface area contributed by atoms with Gasteiger partial charge in [-0.3, -0.25) is 14.5 Å². The number of amides is 1. The number of nitrogens with zero attached hydrogens (tertiary/aromatic N) is 2. The van der Waals surface area contributed by atoms with Crippen molar-refractivity contribution in [1.29, 1.82) is 0 Å². The molecule has 0 spiro atoms. The Balaban J connectivity index is 1.60. The van der Waals surface area contributed by atoms with E-state index in [0.29, 0.717) is 11.2 Å². The van der Waals surface area contributed by atoms with Crippen LogP contribution in [0.5, 0.6) is 0 Å². The van der Waals surface area contributed by atoms with Gasteiger partial charge in [-0.15, -0.1) is 0 Å². The molecule has 3 N–H and O–H groups in total. The molecular formula is C24H20N4O3. The van der Waals surface area contributed by atoms with E-state index in [4.69, 9.17) is 0 Å². The van der Waals surface area contributed by atoms with Gasteiger partial charge in [0.05, 0.1) is 29.0 Å². The number of aryl methyl sites for hydroxylation is 1. The molecule has 1 aliphatic carbocycles. The first kappa shape index (κ1) is 17.9. The standard InChI is InChI=1S/C24H20N4O3/c1-12-19(15-4-2-3-5-16(15)27-12)21-20(22(29)13-6-7-13)23(30)24(31)28(21)14-8-9-17-18(10-14)26-11-25-17/h2-5,8-11,13,21,27,30H,6-7H2,1H3,(H,25,26). The van der Waals surface area contributed by atoms with Crippen LogP contribution in [0.2, 0.25) is 0 Å². The number of benzene rings is 2. The molecule has 7 heteroatoms. The number of aromatic amines is 2. The van der Waals surface area contributed by atoms with Gasteiger partial charge in [-0.2, -0.15) is 0 Å². The normalized spacial score (nSPS) is 19.2. The number of H-pyrrole nitrogens is 2. The molecule has 1 fully saturated rings. The molecule has 1 atom stereocenters. The molecule has 7 nitrogen and oxygen atoms in total. The molecule has 0 saturated heterocycles. The summed E-state index contributed by atoms with van der Waals surface area (Å²) in [5, 5.41) is 11.8. The first-order chi connectivity index (χ1) is 15.0. The van der Waals surface area contributed by atoms with Gasteiger partial charge in [0.15, 0.2) is 11.5 Å². The van der Waals surface area contributed by atoms with Crippen molar-refractivity contribution in [1.82, 2.24) is 15.0 Å². The van der Waals surface area contributed by atoms with Crippen LogP contribution < -0.4 is 4.90 Å².